The maximum Gasteiger partial charge on any atom is 0.139 e. The van der Waals surface area contributed by atoms with Crippen LogP contribution in [-0.2, 0) is 4.79 Å². The van der Waals surface area contributed by atoms with Crippen LogP contribution in [-0.4, -0.2) is 53.8 Å². The molecule has 2 saturated heterocycles. The minimum atomic E-state index is -0.185. The molecule has 0 aromatic heterocycles. The Hall–Kier alpha value is -0.410. The molecule has 0 amide bonds. The van der Waals surface area contributed by atoms with Crippen LogP contribution in [0.4, 0.5) is 0 Å². The van der Waals surface area contributed by atoms with Crippen molar-refractivity contribution in [3.8, 4) is 0 Å². The topological polar surface area (TPSA) is 23.6 Å². The predicted octanol–water partition coefficient (Wildman–Crippen LogP) is 2.55. The van der Waals surface area contributed by atoms with Crippen LogP contribution in [0, 0.1) is 5.41 Å². The third-order valence-corrected chi connectivity index (χ3v) is 4.78. The fraction of sp³-hybridized carbons (Fsp3) is 0.938. The molecule has 2 rings (SSSR count). The predicted molar refractivity (Wildman–Crippen MR) is 79.3 cm³/mol. The standard InChI is InChI=1S/C16H30N2O/c1-13-11-18-9-6-5-7-14(18)12-17(13)10-8-15(19)16(2,3)4/h13-14H,5-12H2,1-4H3. The Morgan fingerprint density at radius 1 is 1.21 bits per heavy atom. The molecule has 110 valence electrons. The molecule has 0 bridgehead atoms. The van der Waals surface area contributed by atoms with Crippen molar-refractivity contribution in [2.75, 3.05) is 26.2 Å². The van der Waals surface area contributed by atoms with Crippen molar-refractivity contribution >= 4 is 5.78 Å². The number of nitrogens with zero attached hydrogens (tertiary/aromatic N) is 2. The third kappa shape index (κ3) is 3.79. The summed E-state index contributed by atoms with van der Waals surface area (Å²) < 4.78 is 0. The van der Waals surface area contributed by atoms with E-state index in [0.717, 1.165) is 12.6 Å². The molecule has 2 fully saturated rings. The molecule has 2 aliphatic heterocycles. The second-order valence-corrected chi connectivity index (χ2v) is 7.41. The molecule has 0 saturated carbocycles. The second kappa shape index (κ2) is 5.92. The first-order valence-corrected chi connectivity index (χ1v) is 7.89. The summed E-state index contributed by atoms with van der Waals surface area (Å²) in [6, 6.07) is 1.34. The SMILES string of the molecule is CC1CN2CCCCC2CN1CCC(=O)C(C)(C)C. The Morgan fingerprint density at radius 2 is 1.95 bits per heavy atom. The quantitative estimate of drug-likeness (QED) is 0.784. The van der Waals surface area contributed by atoms with Crippen molar-refractivity contribution in [2.24, 2.45) is 5.41 Å². The zero-order chi connectivity index (χ0) is 14.0. The summed E-state index contributed by atoms with van der Waals surface area (Å²) >= 11 is 0. The van der Waals surface area contributed by atoms with Crippen LogP contribution in [0.15, 0.2) is 0 Å². The van der Waals surface area contributed by atoms with Gasteiger partial charge < -0.3 is 0 Å². The lowest BCUT2D eigenvalue weighted by Crippen LogP contribution is -2.58. The van der Waals surface area contributed by atoms with Crippen molar-refractivity contribution < 1.29 is 4.79 Å². The van der Waals surface area contributed by atoms with E-state index in [9.17, 15) is 4.79 Å². The summed E-state index contributed by atoms with van der Waals surface area (Å²) in [6.45, 7) is 13.0. The molecule has 19 heavy (non-hydrogen) atoms. The Kier molecular flexibility index (Phi) is 4.67. The molecule has 0 aromatic carbocycles. The molecular weight excluding hydrogens is 236 g/mol. The van der Waals surface area contributed by atoms with E-state index in [1.165, 1.54) is 38.9 Å². The lowest BCUT2D eigenvalue weighted by atomic mass is 9.88. The number of hydrogen-bond donors (Lipinski definition) is 0. The minimum Gasteiger partial charge on any atom is -0.299 e. The highest BCUT2D eigenvalue weighted by Gasteiger charge is 2.33. The molecule has 2 unspecified atom stereocenters. The first-order valence-electron chi connectivity index (χ1n) is 7.89. The third-order valence-electron chi connectivity index (χ3n) is 4.78. The van der Waals surface area contributed by atoms with Crippen LogP contribution >= 0.6 is 0 Å². The number of carbonyl (C=O) groups is 1. The van der Waals surface area contributed by atoms with E-state index >= 15 is 0 Å². The van der Waals surface area contributed by atoms with E-state index < -0.39 is 0 Å². The summed E-state index contributed by atoms with van der Waals surface area (Å²) in [7, 11) is 0. The molecule has 2 aliphatic rings. The molecule has 0 spiro atoms. The molecule has 2 atom stereocenters. The Bertz CT molecular complexity index is 321. The van der Waals surface area contributed by atoms with Gasteiger partial charge in [0.1, 0.15) is 5.78 Å². The first kappa shape index (κ1) is 15.0. The zero-order valence-electron chi connectivity index (χ0n) is 13.1. The van der Waals surface area contributed by atoms with E-state index in [0.29, 0.717) is 18.2 Å². The molecule has 0 N–H and O–H groups in total. The number of ketones is 1. The smallest absolute Gasteiger partial charge is 0.139 e. The van der Waals surface area contributed by atoms with Gasteiger partial charge in [-0.05, 0) is 26.3 Å². The van der Waals surface area contributed by atoms with Crippen LogP contribution in [0.5, 0.6) is 0 Å². The average Bonchev–Trinajstić information content (AvgIpc) is 2.34. The monoisotopic (exact) mass is 266 g/mol. The molecule has 3 nitrogen and oxygen atoms in total. The number of piperidine rings is 1. The highest BCUT2D eigenvalue weighted by atomic mass is 16.1. The number of rotatable bonds is 3. The second-order valence-electron chi connectivity index (χ2n) is 7.41. The van der Waals surface area contributed by atoms with Gasteiger partial charge in [0, 0.05) is 43.6 Å². The van der Waals surface area contributed by atoms with Gasteiger partial charge in [0.05, 0.1) is 0 Å². The number of Topliss-reactive ketones (excluding diaryl/α,β-unsaturated/α-hetero) is 1. The number of piperazine rings is 1. The molecule has 3 heteroatoms. The van der Waals surface area contributed by atoms with Gasteiger partial charge in [-0.1, -0.05) is 27.2 Å². The summed E-state index contributed by atoms with van der Waals surface area (Å²) in [6.07, 6.45) is 4.80. The highest BCUT2D eigenvalue weighted by molar-refractivity contribution is 5.83. The van der Waals surface area contributed by atoms with Gasteiger partial charge in [-0.15, -0.1) is 0 Å². The Balaban J connectivity index is 1.85. The van der Waals surface area contributed by atoms with Crippen LogP contribution in [0.3, 0.4) is 0 Å². The van der Waals surface area contributed by atoms with Crippen molar-refractivity contribution in [3.05, 3.63) is 0 Å². The van der Waals surface area contributed by atoms with E-state index in [1.807, 2.05) is 20.8 Å². The van der Waals surface area contributed by atoms with Gasteiger partial charge in [-0.2, -0.15) is 0 Å². The van der Waals surface area contributed by atoms with Gasteiger partial charge in [-0.3, -0.25) is 14.6 Å². The number of hydrogen-bond acceptors (Lipinski definition) is 3. The Labute approximate surface area is 118 Å². The zero-order valence-corrected chi connectivity index (χ0v) is 13.1. The summed E-state index contributed by atoms with van der Waals surface area (Å²) in [5.74, 6) is 0.394. The summed E-state index contributed by atoms with van der Waals surface area (Å²) in [4.78, 5) is 17.3. The Morgan fingerprint density at radius 3 is 2.63 bits per heavy atom. The summed E-state index contributed by atoms with van der Waals surface area (Å²) in [5.41, 5.74) is -0.185. The average molecular weight is 266 g/mol. The first-order chi connectivity index (χ1) is 8.88. The maximum absolute atomic E-state index is 12.1. The molecule has 0 aromatic rings. The fourth-order valence-electron chi connectivity index (χ4n) is 3.34. The minimum absolute atomic E-state index is 0.185. The molecular formula is C16H30N2O. The van der Waals surface area contributed by atoms with Gasteiger partial charge in [0.15, 0.2) is 0 Å². The summed E-state index contributed by atoms with van der Waals surface area (Å²) in [5, 5.41) is 0. The largest absolute Gasteiger partial charge is 0.299 e. The van der Waals surface area contributed by atoms with Crippen LogP contribution < -0.4 is 0 Å². The van der Waals surface area contributed by atoms with Gasteiger partial charge >= 0.3 is 0 Å². The normalized spacial score (nSPS) is 30.1. The van der Waals surface area contributed by atoms with E-state index in [1.54, 1.807) is 0 Å². The van der Waals surface area contributed by atoms with E-state index in [4.69, 9.17) is 0 Å². The van der Waals surface area contributed by atoms with Gasteiger partial charge in [-0.25, -0.2) is 0 Å². The van der Waals surface area contributed by atoms with E-state index in [-0.39, 0.29) is 5.41 Å². The van der Waals surface area contributed by atoms with Crippen LogP contribution in [0.25, 0.3) is 0 Å². The van der Waals surface area contributed by atoms with Crippen LogP contribution in [0.2, 0.25) is 0 Å². The number of carbonyl (C=O) groups excluding carboxylic acids is 1. The van der Waals surface area contributed by atoms with Crippen molar-refractivity contribution in [1.82, 2.24) is 9.80 Å². The number of fused-ring (bicyclic) bond motifs is 1. The van der Waals surface area contributed by atoms with Crippen molar-refractivity contribution in [3.63, 3.8) is 0 Å². The highest BCUT2D eigenvalue weighted by Crippen LogP contribution is 2.25. The van der Waals surface area contributed by atoms with Crippen LogP contribution in [0.1, 0.15) is 53.4 Å². The molecule has 0 aliphatic carbocycles. The van der Waals surface area contributed by atoms with E-state index in [2.05, 4.69) is 16.7 Å². The maximum atomic E-state index is 12.1. The van der Waals surface area contributed by atoms with Crippen molar-refractivity contribution in [1.29, 1.82) is 0 Å². The fourth-order valence-corrected chi connectivity index (χ4v) is 3.34. The van der Waals surface area contributed by atoms with Gasteiger partial charge in [0.25, 0.3) is 0 Å². The lowest BCUT2D eigenvalue weighted by Gasteiger charge is -2.47. The molecule has 0 radical (unpaired) electrons. The van der Waals surface area contributed by atoms with Crippen molar-refractivity contribution in [2.45, 2.75) is 65.5 Å². The lowest BCUT2D eigenvalue weighted by molar-refractivity contribution is -0.127. The molecule has 2 heterocycles. The van der Waals surface area contributed by atoms with Gasteiger partial charge in [0.2, 0.25) is 0 Å².